The lowest BCUT2D eigenvalue weighted by Crippen LogP contribution is -2.30. The molecule has 0 aromatic carbocycles. The van der Waals surface area contributed by atoms with Crippen LogP contribution in [0.4, 0.5) is 0 Å². The summed E-state index contributed by atoms with van der Waals surface area (Å²) in [5.74, 6) is 0.306. The molecule has 1 aliphatic rings. The van der Waals surface area contributed by atoms with Gasteiger partial charge in [-0.1, -0.05) is 13.8 Å². The maximum Gasteiger partial charge on any atom is 0.332 e. The van der Waals surface area contributed by atoms with Crippen LogP contribution in [-0.2, 0) is 18.3 Å². The zero-order chi connectivity index (χ0) is 15.3. The smallest absolute Gasteiger partial charge is 0.332 e. The largest absolute Gasteiger partial charge is 0.371 e. The molecule has 6 heteroatoms. The van der Waals surface area contributed by atoms with Gasteiger partial charge in [-0.3, -0.25) is 0 Å². The van der Waals surface area contributed by atoms with E-state index < -0.39 is 14.0 Å². The molecule has 116 valence electrons. The van der Waals surface area contributed by atoms with Gasteiger partial charge in [0, 0.05) is 7.11 Å². The van der Waals surface area contributed by atoms with Crippen LogP contribution in [0.1, 0.15) is 41.0 Å². The molecule has 0 amide bonds. The first kappa shape index (κ1) is 17.8. The molecule has 0 radical (unpaired) electrons. The fraction of sp³-hybridized carbons (Fsp3) is 0.929. The minimum atomic E-state index is -1.34. The second kappa shape index (κ2) is 7.68. The third-order valence-electron chi connectivity index (χ3n) is 3.29. The van der Waals surface area contributed by atoms with E-state index in [1.807, 2.05) is 20.8 Å². The third-order valence-corrected chi connectivity index (χ3v) is 4.54. The van der Waals surface area contributed by atoms with Crippen LogP contribution in [0.2, 0.25) is 0 Å². The van der Waals surface area contributed by atoms with Crippen LogP contribution in [0, 0.1) is 22.7 Å². The van der Waals surface area contributed by atoms with Gasteiger partial charge in [-0.15, -0.1) is 0 Å². The van der Waals surface area contributed by atoms with Crippen LogP contribution in [0.5, 0.6) is 0 Å². The minimum Gasteiger partial charge on any atom is -0.371 e. The van der Waals surface area contributed by atoms with Gasteiger partial charge >= 0.3 is 8.60 Å². The summed E-state index contributed by atoms with van der Waals surface area (Å²) >= 11 is 0. The predicted molar refractivity (Wildman–Crippen MR) is 77.9 cm³/mol. The van der Waals surface area contributed by atoms with Gasteiger partial charge in [0.2, 0.25) is 0 Å². The molecule has 20 heavy (non-hydrogen) atoms. The lowest BCUT2D eigenvalue weighted by molar-refractivity contribution is -0.0218. The molecule has 0 N–H and O–H groups in total. The Bertz CT molecular complexity index is 345. The Hall–Kier alpha value is -0.240. The van der Waals surface area contributed by atoms with E-state index in [-0.39, 0.29) is 18.3 Å². The Morgan fingerprint density at radius 2 is 2.05 bits per heavy atom. The molecule has 5 nitrogen and oxygen atoms in total. The highest BCUT2D eigenvalue weighted by atomic mass is 31.2. The Labute approximate surface area is 123 Å². The first-order valence-corrected chi connectivity index (χ1v) is 8.12. The minimum absolute atomic E-state index is 0.0540. The molecule has 1 aliphatic heterocycles. The number of ether oxygens (including phenoxy) is 1. The summed E-state index contributed by atoms with van der Waals surface area (Å²) in [6, 6.07) is 2.40. The van der Waals surface area contributed by atoms with E-state index in [9.17, 15) is 5.26 Å². The summed E-state index contributed by atoms with van der Waals surface area (Å²) < 4.78 is 22.3. The van der Waals surface area contributed by atoms with Gasteiger partial charge in [0.1, 0.15) is 0 Å². The van der Waals surface area contributed by atoms with Crippen LogP contribution in [-0.4, -0.2) is 32.0 Å². The first-order valence-electron chi connectivity index (χ1n) is 7.03. The molecule has 0 aromatic rings. The van der Waals surface area contributed by atoms with Crippen molar-refractivity contribution < 1.29 is 18.3 Å². The van der Waals surface area contributed by atoms with Crippen molar-refractivity contribution in [3.05, 3.63) is 0 Å². The maximum absolute atomic E-state index is 9.39. The fourth-order valence-corrected chi connectivity index (χ4v) is 3.42. The summed E-state index contributed by atoms with van der Waals surface area (Å²) in [5.41, 5.74) is -0.447. The topological polar surface area (TPSA) is 60.7 Å². The van der Waals surface area contributed by atoms with E-state index in [4.69, 9.17) is 18.3 Å². The molecular formula is C14H26NO4P. The van der Waals surface area contributed by atoms with E-state index in [1.54, 1.807) is 7.11 Å². The number of rotatable bonds is 7. The molecule has 1 fully saturated rings. The molecule has 0 bridgehead atoms. The van der Waals surface area contributed by atoms with E-state index in [0.29, 0.717) is 18.9 Å². The normalized spacial score (nSPS) is 31.8. The molecule has 2 unspecified atom stereocenters. The third kappa shape index (κ3) is 4.65. The van der Waals surface area contributed by atoms with Crippen molar-refractivity contribution in [1.29, 1.82) is 5.26 Å². The Morgan fingerprint density at radius 1 is 1.40 bits per heavy atom. The second-order valence-corrected chi connectivity index (χ2v) is 7.29. The molecule has 1 heterocycles. The van der Waals surface area contributed by atoms with Crippen LogP contribution in [0.25, 0.3) is 0 Å². The summed E-state index contributed by atoms with van der Waals surface area (Å²) in [5, 5.41) is 9.39. The predicted octanol–water partition coefficient (Wildman–Crippen LogP) is 3.64. The highest BCUT2D eigenvalue weighted by Crippen LogP contribution is 2.44. The monoisotopic (exact) mass is 303 g/mol. The average Bonchev–Trinajstić information content (AvgIpc) is 2.72. The first-order chi connectivity index (χ1) is 9.32. The standard InChI is InChI=1S/C14H26NO4P/c1-10(2)13-14(5,9-15)7-12(18-13)8-17-20(16-6)19-11(3)4/h10-13H,7-8H2,1-6H3/t12-,13?,14-,20?/m0/s1. The molecule has 0 spiro atoms. The van der Waals surface area contributed by atoms with Gasteiger partial charge in [-0.05, 0) is 33.1 Å². The average molecular weight is 303 g/mol. The quantitative estimate of drug-likeness (QED) is 0.672. The lowest BCUT2D eigenvalue weighted by Gasteiger charge is -2.25. The lowest BCUT2D eigenvalue weighted by atomic mass is 9.79. The van der Waals surface area contributed by atoms with Crippen molar-refractivity contribution in [1.82, 2.24) is 0 Å². The van der Waals surface area contributed by atoms with Gasteiger partial charge in [0.15, 0.2) is 0 Å². The van der Waals surface area contributed by atoms with E-state index >= 15 is 0 Å². The van der Waals surface area contributed by atoms with Crippen LogP contribution in [0.3, 0.4) is 0 Å². The van der Waals surface area contributed by atoms with Crippen molar-refractivity contribution >= 4 is 8.60 Å². The van der Waals surface area contributed by atoms with Crippen LogP contribution in [0.15, 0.2) is 0 Å². The number of nitrogens with zero attached hydrogens (tertiary/aromatic N) is 1. The van der Waals surface area contributed by atoms with E-state index in [0.717, 1.165) is 0 Å². The van der Waals surface area contributed by atoms with Gasteiger partial charge < -0.3 is 18.3 Å². The Kier molecular flexibility index (Phi) is 6.84. The van der Waals surface area contributed by atoms with Gasteiger partial charge in [-0.2, -0.15) is 5.26 Å². The van der Waals surface area contributed by atoms with Crippen molar-refractivity contribution in [2.45, 2.75) is 59.4 Å². The van der Waals surface area contributed by atoms with Crippen molar-refractivity contribution in [2.75, 3.05) is 13.7 Å². The molecule has 1 saturated heterocycles. The van der Waals surface area contributed by atoms with Crippen LogP contribution >= 0.6 is 8.60 Å². The Morgan fingerprint density at radius 3 is 2.45 bits per heavy atom. The highest BCUT2D eigenvalue weighted by Gasteiger charge is 2.47. The van der Waals surface area contributed by atoms with Crippen molar-refractivity contribution in [2.24, 2.45) is 11.3 Å². The maximum atomic E-state index is 9.39. The van der Waals surface area contributed by atoms with E-state index in [1.165, 1.54) is 0 Å². The molecule has 4 atom stereocenters. The van der Waals surface area contributed by atoms with Crippen molar-refractivity contribution in [3.8, 4) is 6.07 Å². The number of hydrogen-bond acceptors (Lipinski definition) is 5. The van der Waals surface area contributed by atoms with Crippen molar-refractivity contribution in [3.63, 3.8) is 0 Å². The summed E-state index contributed by atoms with van der Waals surface area (Å²) in [4.78, 5) is 0. The van der Waals surface area contributed by atoms with Crippen LogP contribution < -0.4 is 0 Å². The Balaban J connectivity index is 2.52. The molecule has 0 saturated carbocycles. The molecular weight excluding hydrogens is 277 g/mol. The molecule has 0 aliphatic carbocycles. The zero-order valence-corrected chi connectivity index (χ0v) is 14.1. The molecule has 0 aromatic heterocycles. The van der Waals surface area contributed by atoms with Gasteiger partial charge in [0.05, 0.1) is 36.4 Å². The number of hydrogen-bond donors (Lipinski definition) is 0. The number of nitriles is 1. The summed E-state index contributed by atoms with van der Waals surface area (Å²) in [6.07, 6.45) is 0.600. The summed E-state index contributed by atoms with van der Waals surface area (Å²) in [6.45, 7) is 10.4. The zero-order valence-electron chi connectivity index (χ0n) is 13.3. The fourth-order valence-electron chi connectivity index (χ4n) is 2.54. The highest BCUT2D eigenvalue weighted by molar-refractivity contribution is 7.41. The van der Waals surface area contributed by atoms with E-state index in [2.05, 4.69) is 19.9 Å². The van der Waals surface area contributed by atoms with Gasteiger partial charge in [-0.25, -0.2) is 0 Å². The molecule has 1 rings (SSSR count). The van der Waals surface area contributed by atoms with Gasteiger partial charge in [0.25, 0.3) is 0 Å². The SMILES string of the molecule is COP(OC[C@@H]1C[C@@](C)(C#N)C(C(C)C)O1)OC(C)C. The second-order valence-electron chi connectivity index (χ2n) is 6.01. The summed E-state index contributed by atoms with van der Waals surface area (Å²) in [7, 11) is 0.228.